The van der Waals surface area contributed by atoms with Crippen molar-refractivity contribution in [3.63, 3.8) is 0 Å². The predicted molar refractivity (Wildman–Crippen MR) is 64.8 cm³/mol. The molecule has 1 rings (SSSR count). The molecular weight excluding hydrogens is 204 g/mol. The van der Waals surface area contributed by atoms with Crippen molar-refractivity contribution in [1.29, 1.82) is 0 Å². The van der Waals surface area contributed by atoms with Gasteiger partial charge in [-0.1, -0.05) is 13.8 Å². The van der Waals surface area contributed by atoms with Crippen molar-refractivity contribution in [2.45, 2.75) is 32.4 Å². The van der Waals surface area contributed by atoms with E-state index in [1.807, 2.05) is 0 Å². The average Bonchev–Trinajstić information content (AvgIpc) is 2.28. The number of methoxy groups -OCH3 is 2. The summed E-state index contributed by atoms with van der Waals surface area (Å²) in [4.78, 5) is 8.94. The van der Waals surface area contributed by atoms with Crippen LogP contribution in [-0.2, 0) is 9.47 Å². The molecule has 0 spiro atoms. The molecule has 0 radical (unpaired) electrons. The third-order valence-corrected chi connectivity index (χ3v) is 2.45. The van der Waals surface area contributed by atoms with Gasteiger partial charge in [0.25, 0.3) is 0 Å². The summed E-state index contributed by atoms with van der Waals surface area (Å²) in [5.74, 6) is 4.11. The molecule has 0 aliphatic carbocycles. The summed E-state index contributed by atoms with van der Waals surface area (Å²) in [6.07, 6.45) is 5.76. The summed E-state index contributed by atoms with van der Waals surface area (Å²) < 4.78 is 10.5. The van der Waals surface area contributed by atoms with Crippen LogP contribution in [0.1, 0.15) is 20.3 Å². The number of ether oxygens (including phenoxy) is 2. The van der Waals surface area contributed by atoms with Gasteiger partial charge in [-0.2, -0.15) is 0 Å². The van der Waals surface area contributed by atoms with Gasteiger partial charge in [0.05, 0.1) is 14.2 Å². The van der Waals surface area contributed by atoms with E-state index < -0.39 is 0 Å². The van der Waals surface area contributed by atoms with Crippen LogP contribution >= 0.6 is 0 Å². The van der Waals surface area contributed by atoms with E-state index in [4.69, 9.17) is 15.9 Å². The number of rotatable bonds is 2. The molecule has 0 fully saturated rings. The van der Waals surface area contributed by atoms with Crippen LogP contribution in [-0.4, -0.2) is 38.1 Å². The zero-order valence-corrected chi connectivity index (χ0v) is 10.2. The molecule has 0 N–H and O–H groups in total. The first-order valence-electron chi connectivity index (χ1n) is 5.30. The first-order chi connectivity index (χ1) is 7.63. The average molecular weight is 222 g/mol. The Morgan fingerprint density at radius 2 is 1.88 bits per heavy atom. The van der Waals surface area contributed by atoms with Gasteiger partial charge in [0, 0.05) is 6.42 Å². The van der Waals surface area contributed by atoms with Crippen molar-refractivity contribution in [2.24, 2.45) is 15.9 Å². The highest BCUT2D eigenvalue weighted by Gasteiger charge is 2.30. The molecule has 88 valence electrons. The van der Waals surface area contributed by atoms with Gasteiger partial charge in [0.1, 0.15) is 12.1 Å². The van der Waals surface area contributed by atoms with E-state index >= 15 is 0 Å². The van der Waals surface area contributed by atoms with Gasteiger partial charge in [-0.05, 0) is 5.92 Å². The van der Waals surface area contributed by atoms with Crippen LogP contribution in [0.2, 0.25) is 0 Å². The molecule has 0 saturated heterocycles. The first kappa shape index (κ1) is 12.6. The molecule has 16 heavy (non-hydrogen) atoms. The lowest BCUT2D eigenvalue weighted by molar-refractivity contribution is 0.333. The van der Waals surface area contributed by atoms with Gasteiger partial charge in [-0.25, -0.2) is 9.98 Å². The smallest absolute Gasteiger partial charge is 0.210 e. The summed E-state index contributed by atoms with van der Waals surface area (Å²) >= 11 is 0. The Kier molecular flexibility index (Phi) is 4.36. The van der Waals surface area contributed by atoms with E-state index in [1.54, 1.807) is 14.2 Å². The van der Waals surface area contributed by atoms with Gasteiger partial charge >= 0.3 is 0 Å². The molecule has 0 aromatic carbocycles. The van der Waals surface area contributed by atoms with E-state index in [9.17, 15) is 0 Å². The van der Waals surface area contributed by atoms with Crippen molar-refractivity contribution in [3.05, 3.63) is 0 Å². The SMILES string of the molecule is C#CC[C@@H]1N=C(OC)[C@H](C(C)C)N=C1OC. The summed E-state index contributed by atoms with van der Waals surface area (Å²) in [6, 6.07) is -0.283. The molecule has 1 aliphatic heterocycles. The maximum absolute atomic E-state index is 5.29. The number of hydrogen-bond acceptors (Lipinski definition) is 4. The zero-order valence-electron chi connectivity index (χ0n) is 10.2. The highest BCUT2D eigenvalue weighted by Crippen LogP contribution is 2.18. The Morgan fingerprint density at radius 3 is 2.31 bits per heavy atom. The Balaban J connectivity index is 2.97. The number of nitrogens with zero attached hydrogens (tertiary/aromatic N) is 2. The first-order valence-corrected chi connectivity index (χ1v) is 5.30. The molecule has 4 heteroatoms. The van der Waals surface area contributed by atoms with Crippen molar-refractivity contribution < 1.29 is 9.47 Å². The maximum Gasteiger partial charge on any atom is 0.210 e. The van der Waals surface area contributed by atoms with Gasteiger partial charge in [0.2, 0.25) is 11.8 Å². The summed E-state index contributed by atoms with van der Waals surface area (Å²) in [6.45, 7) is 4.13. The third kappa shape index (κ3) is 2.54. The fourth-order valence-corrected chi connectivity index (χ4v) is 1.60. The molecule has 2 atom stereocenters. The number of terminal acetylenes is 1. The normalized spacial score (nSPS) is 24.5. The number of hydrogen-bond donors (Lipinski definition) is 0. The highest BCUT2D eigenvalue weighted by atomic mass is 16.5. The molecule has 0 amide bonds. The number of aliphatic imine (C=N–C) groups is 2. The van der Waals surface area contributed by atoms with E-state index in [-0.39, 0.29) is 12.1 Å². The van der Waals surface area contributed by atoms with Gasteiger partial charge in [-0.3, -0.25) is 0 Å². The molecule has 4 nitrogen and oxygen atoms in total. The van der Waals surface area contributed by atoms with Gasteiger partial charge in [-0.15, -0.1) is 12.3 Å². The Labute approximate surface area is 96.8 Å². The zero-order chi connectivity index (χ0) is 12.1. The van der Waals surface area contributed by atoms with Gasteiger partial charge < -0.3 is 9.47 Å². The molecule has 0 bridgehead atoms. The van der Waals surface area contributed by atoms with E-state index in [0.717, 1.165) is 0 Å². The van der Waals surface area contributed by atoms with Crippen LogP contribution in [0.25, 0.3) is 0 Å². The highest BCUT2D eigenvalue weighted by molar-refractivity contribution is 5.94. The van der Waals surface area contributed by atoms with Crippen LogP contribution < -0.4 is 0 Å². The van der Waals surface area contributed by atoms with E-state index in [0.29, 0.717) is 24.1 Å². The van der Waals surface area contributed by atoms with Crippen LogP contribution in [0, 0.1) is 18.3 Å². The lowest BCUT2D eigenvalue weighted by Crippen LogP contribution is -2.37. The van der Waals surface area contributed by atoms with Crippen LogP contribution in [0.15, 0.2) is 9.98 Å². The monoisotopic (exact) mass is 222 g/mol. The molecule has 1 aliphatic rings. The molecular formula is C12H18N2O2. The van der Waals surface area contributed by atoms with E-state index in [2.05, 4.69) is 29.8 Å². The van der Waals surface area contributed by atoms with Crippen LogP contribution in [0.4, 0.5) is 0 Å². The predicted octanol–water partition coefficient (Wildman–Crippen LogP) is 1.51. The maximum atomic E-state index is 5.29. The summed E-state index contributed by atoms with van der Waals surface area (Å²) in [5, 5.41) is 0. The molecule has 0 aromatic heterocycles. The quantitative estimate of drug-likeness (QED) is 0.665. The van der Waals surface area contributed by atoms with Crippen LogP contribution in [0.5, 0.6) is 0 Å². The minimum Gasteiger partial charge on any atom is -0.483 e. The van der Waals surface area contributed by atoms with Crippen molar-refractivity contribution in [1.82, 2.24) is 0 Å². The molecule has 0 unspecified atom stereocenters. The Hall–Kier alpha value is -1.50. The van der Waals surface area contributed by atoms with Crippen molar-refractivity contribution in [3.8, 4) is 12.3 Å². The van der Waals surface area contributed by atoms with Gasteiger partial charge in [0.15, 0.2) is 0 Å². The second kappa shape index (κ2) is 5.55. The van der Waals surface area contributed by atoms with Crippen molar-refractivity contribution >= 4 is 11.8 Å². The minimum absolute atomic E-state index is 0.0750. The van der Waals surface area contributed by atoms with Crippen LogP contribution in [0.3, 0.4) is 0 Å². The van der Waals surface area contributed by atoms with E-state index in [1.165, 1.54) is 0 Å². The second-order valence-corrected chi connectivity index (χ2v) is 3.96. The second-order valence-electron chi connectivity index (χ2n) is 3.96. The molecule has 0 saturated carbocycles. The topological polar surface area (TPSA) is 43.2 Å². The summed E-state index contributed by atoms with van der Waals surface area (Å²) in [5.41, 5.74) is 0. The van der Waals surface area contributed by atoms with Crippen molar-refractivity contribution in [2.75, 3.05) is 14.2 Å². The Morgan fingerprint density at radius 1 is 1.25 bits per heavy atom. The largest absolute Gasteiger partial charge is 0.483 e. The standard InChI is InChI=1S/C12H18N2O2/c1-6-7-9-11(15-4)14-10(8(2)3)12(13-9)16-5/h1,8-10H,7H2,2-5H3/t9-,10-/m0/s1. The lowest BCUT2D eigenvalue weighted by atomic mass is 10.0. The lowest BCUT2D eigenvalue weighted by Gasteiger charge is -2.26. The Bertz CT molecular complexity index is 339. The fraction of sp³-hybridized carbons (Fsp3) is 0.667. The summed E-state index contributed by atoms with van der Waals surface area (Å²) in [7, 11) is 3.20. The molecule has 1 heterocycles. The molecule has 0 aromatic rings. The fourth-order valence-electron chi connectivity index (χ4n) is 1.60. The minimum atomic E-state index is -0.208. The third-order valence-electron chi connectivity index (χ3n) is 2.45.